The molecule has 8 heteroatoms. The summed E-state index contributed by atoms with van der Waals surface area (Å²) in [5.41, 5.74) is 7.09. The van der Waals surface area contributed by atoms with Gasteiger partial charge in [0.25, 0.3) is 0 Å². The summed E-state index contributed by atoms with van der Waals surface area (Å²) < 4.78 is 0. The van der Waals surface area contributed by atoms with Gasteiger partial charge in [0.2, 0.25) is 5.91 Å². The van der Waals surface area contributed by atoms with Gasteiger partial charge < -0.3 is 20.4 Å². The van der Waals surface area contributed by atoms with Gasteiger partial charge in [0, 0.05) is 43.6 Å². The lowest BCUT2D eigenvalue weighted by Crippen LogP contribution is -2.52. The van der Waals surface area contributed by atoms with Crippen LogP contribution in [-0.4, -0.2) is 65.4 Å². The molecule has 0 bridgehead atoms. The first-order valence-corrected chi connectivity index (χ1v) is 11.0. The summed E-state index contributed by atoms with van der Waals surface area (Å²) in [5, 5.41) is 2.11. The van der Waals surface area contributed by atoms with Crippen LogP contribution in [0, 0.1) is 11.8 Å². The molecule has 0 aromatic carbocycles. The summed E-state index contributed by atoms with van der Waals surface area (Å²) in [6.07, 6.45) is 3.73. The molecule has 4 heterocycles. The molecule has 0 spiro atoms. The highest BCUT2D eigenvalue weighted by atomic mass is 35.5. The van der Waals surface area contributed by atoms with Crippen LogP contribution in [0.4, 0.5) is 4.79 Å². The molecule has 1 aromatic rings. The lowest BCUT2D eigenvalue weighted by molar-refractivity contribution is -0.137. The second kappa shape index (κ2) is 9.01. The molecule has 0 radical (unpaired) electrons. The average molecular weight is 427 g/mol. The summed E-state index contributed by atoms with van der Waals surface area (Å²) in [4.78, 5) is 33.4. The molecular weight excluding hydrogens is 396 g/mol. The third-order valence-electron chi connectivity index (χ3n) is 6.40. The van der Waals surface area contributed by atoms with E-state index < -0.39 is 0 Å². The summed E-state index contributed by atoms with van der Waals surface area (Å²) in [6, 6.07) is 2.49. The monoisotopic (exact) mass is 426 g/mol. The highest BCUT2D eigenvalue weighted by Gasteiger charge is 2.38. The predicted molar refractivity (Wildman–Crippen MR) is 114 cm³/mol. The predicted octanol–water partition coefficient (Wildman–Crippen LogP) is 2.56. The second-order valence-electron chi connectivity index (χ2n) is 8.29. The maximum absolute atomic E-state index is 13.1. The number of amides is 3. The van der Waals surface area contributed by atoms with E-state index in [2.05, 4.69) is 18.4 Å². The first-order valence-electron chi connectivity index (χ1n) is 10.2. The van der Waals surface area contributed by atoms with Crippen molar-refractivity contribution in [2.45, 2.75) is 45.2 Å². The van der Waals surface area contributed by atoms with E-state index in [1.165, 1.54) is 10.4 Å². The Labute approximate surface area is 177 Å². The number of piperidine rings is 1. The van der Waals surface area contributed by atoms with E-state index in [9.17, 15) is 9.59 Å². The minimum atomic E-state index is -0.0665. The van der Waals surface area contributed by atoms with E-state index in [0.29, 0.717) is 25.6 Å². The van der Waals surface area contributed by atoms with Gasteiger partial charge in [-0.25, -0.2) is 4.79 Å². The van der Waals surface area contributed by atoms with E-state index in [1.54, 1.807) is 11.3 Å². The second-order valence-corrected chi connectivity index (χ2v) is 9.29. The first-order chi connectivity index (χ1) is 13.1. The van der Waals surface area contributed by atoms with Gasteiger partial charge >= 0.3 is 6.03 Å². The normalized spacial score (nSPS) is 27.4. The largest absolute Gasteiger partial charge is 0.339 e. The molecule has 6 nitrogen and oxygen atoms in total. The molecule has 2 N–H and O–H groups in total. The standard InChI is InChI=1S/C20H30N4O2S.ClH/c1-14-9-15(10-21)11-24(14)19(25)17-3-2-6-22(13-17)20(26)23-7-4-18-16(12-23)5-8-27-18;/h5,8,14-15,17H,2-4,6-7,9-13,21H2,1H3;1H. The van der Waals surface area contributed by atoms with Crippen LogP contribution in [0.3, 0.4) is 0 Å². The number of rotatable bonds is 2. The lowest BCUT2D eigenvalue weighted by atomic mass is 9.96. The zero-order valence-corrected chi connectivity index (χ0v) is 18.1. The third kappa shape index (κ3) is 4.16. The Morgan fingerprint density at radius 3 is 2.82 bits per heavy atom. The van der Waals surface area contributed by atoms with Gasteiger partial charge in [-0.1, -0.05) is 0 Å². The number of urea groups is 1. The Morgan fingerprint density at radius 1 is 1.25 bits per heavy atom. The highest BCUT2D eigenvalue weighted by molar-refractivity contribution is 7.10. The van der Waals surface area contributed by atoms with Crippen molar-refractivity contribution in [2.75, 3.05) is 32.7 Å². The fraction of sp³-hybridized carbons (Fsp3) is 0.700. The Morgan fingerprint density at radius 2 is 2.07 bits per heavy atom. The van der Waals surface area contributed by atoms with Crippen LogP contribution in [0.15, 0.2) is 11.4 Å². The summed E-state index contributed by atoms with van der Waals surface area (Å²) >= 11 is 1.78. The number of thiophene rings is 1. The number of hydrogen-bond donors (Lipinski definition) is 1. The van der Waals surface area contributed by atoms with Crippen LogP contribution in [-0.2, 0) is 17.8 Å². The summed E-state index contributed by atoms with van der Waals surface area (Å²) in [7, 11) is 0. The van der Waals surface area contributed by atoms with Crippen molar-refractivity contribution in [2.24, 2.45) is 17.6 Å². The van der Waals surface area contributed by atoms with Crippen LogP contribution >= 0.6 is 23.7 Å². The van der Waals surface area contributed by atoms with E-state index in [4.69, 9.17) is 5.73 Å². The quantitative estimate of drug-likeness (QED) is 0.790. The van der Waals surface area contributed by atoms with Gasteiger partial charge in [0.1, 0.15) is 0 Å². The molecule has 2 fully saturated rings. The lowest BCUT2D eigenvalue weighted by Gasteiger charge is -2.38. The van der Waals surface area contributed by atoms with Crippen molar-refractivity contribution in [3.05, 3.63) is 21.9 Å². The Kier molecular flexibility index (Phi) is 6.89. The molecule has 3 amide bonds. The fourth-order valence-electron chi connectivity index (χ4n) is 4.82. The first kappa shape index (κ1) is 21.4. The fourth-order valence-corrected chi connectivity index (χ4v) is 5.71. The smallest absolute Gasteiger partial charge is 0.320 e. The maximum atomic E-state index is 13.1. The molecule has 28 heavy (non-hydrogen) atoms. The number of fused-ring (bicyclic) bond motifs is 1. The molecule has 3 atom stereocenters. The van der Waals surface area contributed by atoms with Gasteiger partial charge in [-0.05, 0) is 62.1 Å². The molecule has 3 unspecified atom stereocenters. The maximum Gasteiger partial charge on any atom is 0.320 e. The Balaban J connectivity index is 0.00000225. The van der Waals surface area contributed by atoms with Crippen molar-refractivity contribution < 1.29 is 9.59 Å². The topological polar surface area (TPSA) is 69.9 Å². The summed E-state index contributed by atoms with van der Waals surface area (Å²) in [5.74, 6) is 0.566. The van der Waals surface area contributed by atoms with Crippen molar-refractivity contribution >= 4 is 35.7 Å². The molecule has 1 aromatic heterocycles. The van der Waals surface area contributed by atoms with Crippen molar-refractivity contribution in [3.63, 3.8) is 0 Å². The zero-order chi connectivity index (χ0) is 19.0. The van der Waals surface area contributed by atoms with Gasteiger partial charge in [0.05, 0.1) is 5.92 Å². The van der Waals surface area contributed by atoms with E-state index in [-0.39, 0.29) is 36.3 Å². The molecule has 3 aliphatic heterocycles. The number of carbonyl (C=O) groups is 2. The Hall–Kier alpha value is -1.31. The number of nitrogens with two attached hydrogens (primary N) is 1. The van der Waals surface area contributed by atoms with Crippen LogP contribution < -0.4 is 5.73 Å². The number of carbonyl (C=O) groups excluding carboxylic acids is 2. The number of halogens is 1. The molecule has 4 rings (SSSR count). The molecular formula is C20H31ClN4O2S. The van der Waals surface area contributed by atoms with E-state index in [1.807, 2.05) is 14.7 Å². The molecule has 0 saturated carbocycles. The van der Waals surface area contributed by atoms with Crippen LogP contribution in [0.1, 0.15) is 36.6 Å². The average Bonchev–Trinajstić information content (AvgIpc) is 3.32. The minimum absolute atomic E-state index is 0. The van der Waals surface area contributed by atoms with Gasteiger partial charge in [0.15, 0.2) is 0 Å². The van der Waals surface area contributed by atoms with Gasteiger partial charge in [-0.15, -0.1) is 23.7 Å². The van der Waals surface area contributed by atoms with Crippen molar-refractivity contribution in [1.29, 1.82) is 0 Å². The van der Waals surface area contributed by atoms with Gasteiger partial charge in [-0.3, -0.25) is 4.79 Å². The number of hydrogen-bond acceptors (Lipinski definition) is 4. The summed E-state index contributed by atoms with van der Waals surface area (Å²) in [6.45, 7) is 6.33. The highest BCUT2D eigenvalue weighted by Crippen LogP contribution is 2.29. The molecule has 156 valence electrons. The van der Waals surface area contributed by atoms with Crippen LogP contribution in [0.2, 0.25) is 0 Å². The minimum Gasteiger partial charge on any atom is -0.339 e. The van der Waals surface area contributed by atoms with Crippen LogP contribution in [0.5, 0.6) is 0 Å². The third-order valence-corrected chi connectivity index (χ3v) is 7.42. The molecule has 0 aliphatic carbocycles. The van der Waals surface area contributed by atoms with Gasteiger partial charge in [-0.2, -0.15) is 0 Å². The Bertz CT molecular complexity index is 712. The van der Waals surface area contributed by atoms with E-state index >= 15 is 0 Å². The number of likely N-dealkylation sites (tertiary alicyclic amines) is 2. The van der Waals surface area contributed by atoms with E-state index in [0.717, 1.165) is 45.3 Å². The molecule has 3 aliphatic rings. The molecule has 2 saturated heterocycles. The van der Waals surface area contributed by atoms with Crippen LogP contribution in [0.25, 0.3) is 0 Å². The van der Waals surface area contributed by atoms with Crippen molar-refractivity contribution in [1.82, 2.24) is 14.7 Å². The zero-order valence-electron chi connectivity index (χ0n) is 16.5. The number of nitrogens with zero attached hydrogens (tertiary/aromatic N) is 3. The SMILES string of the molecule is CC1CC(CN)CN1C(=O)C1CCCN(C(=O)N2CCc3sccc3C2)C1.Cl. The van der Waals surface area contributed by atoms with Crippen molar-refractivity contribution in [3.8, 4) is 0 Å².